The van der Waals surface area contributed by atoms with Gasteiger partial charge in [0.05, 0.1) is 29.7 Å². The second-order valence-electron chi connectivity index (χ2n) is 6.69. The van der Waals surface area contributed by atoms with Crippen molar-refractivity contribution in [3.63, 3.8) is 0 Å². The van der Waals surface area contributed by atoms with Gasteiger partial charge in [0.2, 0.25) is 5.91 Å². The van der Waals surface area contributed by atoms with Crippen molar-refractivity contribution in [2.75, 3.05) is 18.5 Å². The third kappa shape index (κ3) is 2.57. The number of hydrogen-bond acceptors (Lipinski definition) is 3. The zero-order chi connectivity index (χ0) is 16.7. The minimum absolute atomic E-state index is 0.000660. The Kier molecular flexibility index (Phi) is 3.39. The summed E-state index contributed by atoms with van der Waals surface area (Å²) in [5, 5.41) is 2.95. The maximum Gasteiger partial charge on any atom is 0.234 e. The highest BCUT2D eigenvalue weighted by molar-refractivity contribution is 5.96. The number of nitrogens with one attached hydrogen (secondary N) is 2. The standard InChI is InChI=1S/C19H19N3O2/c1-12-3-8-15-16(9-12)22-17(21-15)13-4-6-14(7-5-13)20-18(23)19(2)10-24-11-19/h3-9H,10-11H2,1-2H3,(H,20,23)(H,21,22). The van der Waals surface area contributed by atoms with Crippen LogP contribution in [0.15, 0.2) is 42.5 Å². The number of aromatic amines is 1. The molecule has 2 aromatic carbocycles. The third-order valence-corrected chi connectivity index (χ3v) is 4.44. The van der Waals surface area contributed by atoms with Crippen LogP contribution in [0.2, 0.25) is 0 Å². The SMILES string of the molecule is Cc1ccc2nc(-c3ccc(NC(=O)C4(C)COC4)cc3)[nH]c2c1. The molecule has 1 aliphatic heterocycles. The number of rotatable bonds is 3. The van der Waals surface area contributed by atoms with E-state index in [1.165, 1.54) is 5.56 Å². The number of benzene rings is 2. The first-order valence-electron chi connectivity index (χ1n) is 8.00. The molecule has 24 heavy (non-hydrogen) atoms. The Morgan fingerprint density at radius 3 is 2.62 bits per heavy atom. The Morgan fingerprint density at radius 2 is 1.96 bits per heavy atom. The Hall–Kier alpha value is -2.66. The van der Waals surface area contributed by atoms with E-state index < -0.39 is 5.41 Å². The van der Waals surface area contributed by atoms with Gasteiger partial charge in [-0.3, -0.25) is 4.79 Å². The van der Waals surface area contributed by atoms with E-state index in [0.717, 1.165) is 28.1 Å². The fraction of sp³-hybridized carbons (Fsp3) is 0.263. The Bertz CT molecular complexity index is 908. The summed E-state index contributed by atoms with van der Waals surface area (Å²) in [5.41, 5.74) is 4.54. The summed E-state index contributed by atoms with van der Waals surface area (Å²) < 4.78 is 5.14. The number of ether oxygens (including phenoxy) is 1. The first kappa shape index (κ1) is 14.9. The van der Waals surface area contributed by atoms with E-state index in [0.29, 0.717) is 13.2 Å². The van der Waals surface area contributed by atoms with Gasteiger partial charge >= 0.3 is 0 Å². The summed E-state index contributed by atoms with van der Waals surface area (Å²) in [6, 6.07) is 13.9. The molecule has 122 valence electrons. The quantitative estimate of drug-likeness (QED) is 0.775. The molecule has 1 aromatic heterocycles. The predicted octanol–water partition coefficient (Wildman–Crippen LogP) is 3.51. The lowest BCUT2D eigenvalue weighted by Gasteiger charge is -2.36. The number of carbonyl (C=O) groups is 1. The number of nitrogens with zero attached hydrogens (tertiary/aromatic N) is 1. The van der Waals surface area contributed by atoms with Crippen LogP contribution < -0.4 is 5.32 Å². The summed E-state index contributed by atoms with van der Waals surface area (Å²) in [5.74, 6) is 0.827. The van der Waals surface area contributed by atoms with Gasteiger partial charge in [-0.15, -0.1) is 0 Å². The van der Waals surface area contributed by atoms with Crippen LogP contribution in [0.1, 0.15) is 12.5 Å². The second-order valence-corrected chi connectivity index (χ2v) is 6.69. The van der Waals surface area contributed by atoms with E-state index >= 15 is 0 Å². The maximum atomic E-state index is 12.2. The predicted molar refractivity (Wildman–Crippen MR) is 93.8 cm³/mol. The first-order chi connectivity index (χ1) is 11.5. The number of aryl methyl sites for hydroxylation is 1. The maximum absolute atomic E-state index is 12.2. The average Bonchev–Trinajstić information content (AvgIpc) is 2.96. The van der Waals surface area contributed by atoms with Gasteiger partial charge in [-0.2, -0.15) is 0 Å². The van der Waals surface area contributed by atoms with E-state index in [1.807, 2.05) is 37.3 Å². The largest absolute Gasteiger partial charge is 0.379 e. The molecule has 0 saturated carbocycles. The highest BCUT2D eigenvalue weighted by Gasteiger charge is 2.41. The number of aromatic nitrogens is 2. The van der Waals surface area contributed by atoms with Crippen LogP contribution in [0.5, 0.6) is 0 Å². The van der Waals surface area contributed by atoms with E-state index in [4.69, 9.17) is 4.74 Å². The molecule has 1 aliphatic rings. The summed E-state index contributed by atoms with van der Waals surface area (Å²) in [4.78, 5) is 20.2. The van der Waals surface area contributed by atoms with Gasteiger partial charge < -0.3 is 15.0 Å². The Labute approximate surface area is 140 Å². The van der Waals surface area contributed by atoms with Crippen molar-refractivity contribution < 1.29 is 9.53 Å². The van der Waals surface area contributed by atoms with Crippen molar-refractivity contribution >= 4 is 22.6 Å². The smallest absolute Gasteiger partial charge is 0.234 e. The summed E-state index contributed by atoms with van der Waals surface area (Å²) in [7, 11) is 0. The fourth-order valence-corrected chi connectivity index (χ4v) is 2.79. The lowest BCUT2D eigenvalue weighted by molar-refractivity contribution is -0.151. The van der Waals surface area contributed by atoms with Crippen LogP contribution in [0, 0.1) is 12.3 Å². The van der Waals surface area contributed by atoms with Gasteiger partial charge in [0, 0.05) is 11.3 Å². The molecular weight excluding hydrogens is 302 g/mol. The number of amides is 1. The Morgan fingerprint density at radius 1 is 1.21 bits per heavy atom. The lowest BCUT2D eigenvalue weighted by atomic mass is 9.87. The second kappa shape index (κ2) is 5.46. The molecular formula is C19H19N3O2. The van der Waals surface area contributed by atoms with Crippen molar-refractivity contribution in [3.8, 4) is 11.4 Å². The number of hydrogen-bond donors (Lipinski definition) is 2. The van der Waals surface area contributed by atoms with Gasteiger partial charge in [-0.25, -0.2) is 4.98 Å². The summed E-state index contributed by atoms with van der Waals surface area (Å²) in [6.45, 7) is 4.94. The van der Waals surface area contributed by atoms with Crippen molar-refractivity contribution in [1.82, 2.24) is 9.97 Å². The third-order valence-electron chi connectivity index (χ3n) is 4.44. The van der Waals surface area contributed by atoms with Crippen LogP contribution >= 0.6 is 0 Å². The van der Waals surface area contributed by atoms with Crippen molar-refractivity contribution in [2.24, 2.45) is 5.41 Å². The summed E-state index contributed by atoms with van der Waals surface area (Å²) in [6.07, 6.45) is 0. The van der Waals surface area contributed by atoms with Crippen LogP contribution in [0.3, 0.4) is 0 Å². The molecule has 0 atom stereocenters. The average molecular weight is 321 g/mol. The van der Waals surface area contributed by atoms with E-state index in [9.17, 15) is 4.79 Å². The minimum Gasteiger partial charge on any atom is -0.379 e. The molecule has 2 heterocycles. The first-order valence-corrected chi connectivity index (χ1v) is 8.00. The number of anilines is 1. The van der Waals surface area contributed by atoms with E-state index in [1.54, 1.807) is 0 Å². The highest BCUT2D eigenvalue weighted by atomic mass is 16.5. The molecule has 1 saturated heterocycles. The highest BCUT2D eigenvalue weighted by Crippen LogP contribution is 2.29. The molecule has 4 rings (SSSR count). The lowest BCUT2D eigenvalue weighted by Crippen LogP contribution is -2.49. The molecule has 1 fully saturated rings. The molecule has 0 aliphatic carbocycles. The van der Waals surface area contributed by atoms with Crippen molar-refractivity contribution in [2.45, 2.75) is 13.8 Å². The van der Waals surface area contributed by atoms with Crippen LogP contribution in [0.25, 0.3) is 22.4 Å². The number of carbonyl (C=O) groups excluding carboxylic acids is 1. The molecule has 0 spiro atoms. The number of H-pyrrole nitrogens is 1. The van der Waals surface area contributed by atoms with Gasteiger partial charge in [-0.05, 0) is 55.8 Å². The Balaban J connectivity index is 1.55. The molecule has 5 heteroatoms. The molecule has 3 aromatic rings. The van der Waals surface area contributed by atoms with Crippen LogP contribution in [-0.2, 0) is 9.53 Å². The molecule has 0 radical (unpaired) electrons. The molecule has 1 amide bonds. The van der Waals surface area contributed by atoms with Gasteiger partial charge in [0.1, 0.15) is 5.82 Å². The molecule has 2 N–H and O–H groups in total. The normalized spacial score (nSPS) is 15.9. The summed E-state index contributed by atoms with van der Waals surface area (Å²) >= 11 is 0. The number of imidazole rings is 1. The zero-order valence-corrected chi connectivity index (χ0v) is 13.7. The molecule has 5 nitrogen and oxygen atoms in total. The van der Waals surface area contributed by atoms with Gasteiger partial charge in [-0.1, -0.05) is 6.07 Å². The van der Waals surface area contributed by atoms with E-state index in [-0.39, 0.29) is 5.91 Å². The van der Waals surface area contributed by atoms with E-state index in [2.05, 4.69) is 34.3 Å². The van der Waals surface area contributed by atoms with Crippen molar-refractivity contribution in [3.05, 3.63) is 48.0 Å². The van der Waals surface area contributed by atoms with Crippen LogP contribution in [0.4, 0.5) is 5.69 Å². The zero-order valence-electron chi connectivity index (χ0n) is 13.7. The minimum atomic E-state index is -0.407. The molecule has 0 unspecified atom stereocenters. The number of fused-ring (bicyclic) bond motifs is 1. The fourth-order valence-electron chi connectivity index (χ4n) is 2.79. The van der Waals surface area contributed by atoms with Gasteiger partial charge in [0.25, 0.3) is 0 Å². The van der Waals surface area contributed by atoms with Gasteiger partial charge in [0.15, 0.2) is 0 Å². The van der Waals surface area contributed by atoms with Crippen molar-refractivity contribution in [1.29, 1.82) is 0 Å². The molecule has 0 bridgehead atoms. The topological polar surface area (TPSA) is 67.0 Å². The van der Waals surface area contributed by atoms with Crippen LogP contribution in [-0.4, -0.2) is 29.1 Å². The monoisotopic (exact) mass is 321 g/mol.